The Labute approximate surface area is 405 Å². The molecule has 70 heavy (non-hydrogen) atoms. The standard InChI is InChI=1S/C53H56FN9O7/c1-69-47-27-40-42(55-20-15-46(40)70-38-11-9-36(10-12-38)57-52(68)53(18-19-53)51(67)56-35-7-5-34(54)6-8-35)28-45(47)61-21-16-33(17-22-61)29-59-23-25-60(26-24-59)37-30-62(31-37)43-4-2-3-39-41(43)32-63(50(39)66)44-13-14-48(64)58-49(44)65/h2-12,15,20,27-28,33,37,44H,13-14,16-19,21-26,29-32H2,1H3,(H,56,67)(H,57,68)(H,58,64,65)/t44-/m0/s1. The number of fused-ring (bicyclic) bond motifs is 2. The van der Waals surface area contributed by atoms with Gasteiger partial charge in [-0.15, -0.1) is 0 Å². The first-order valence-electron chi connectivity index (χ1n) is 24.4. The second kappa shape index (κ2) is 18.7. The highest BCUT2D eigenvalue weighted by Gasteiger charge is 2.56. The maximum atomic E-state index is 13.4. The van der Waals surface area contributed by atoms with Crippen LogP contribution in [0, 0.1) is 17.2 Å². The van der Waals surface area contributed by atoms with Crippen molar-refractivity contribution >= 4 is 63.2 Å². The minimum absolute atomic E-state index is 0.135. The number of hydrogen-bond donors (Lipinski definition) is 3. The molecule has 3 N–H and O–H groups in total. The molecule has 1 aromatic heterocycles. The number of pyridine rings is 1. The van der Waals surface area contributed by atoms with Gasteiger partial charge in [0.25, 0.3) is 5.91 Å². The fourth-order valence-corrected chi connectivity index (χ4v) is 10.9. The van der Waals surface area contributed by atoms with Crippen molar-refractivity contribution in [2.75, 3.05) is 86.4 Å². The molecule has 0 radical (unpaired) electrons. The number of methoxy groups -OCH3 is 1. The Morgan fingerprint density at radius 2 is 1.50 bits per heavy atom. The molecule has 0 bridgehead atoms. The molecule has 5 aliphatic heterocycles. The van der Waals surface area contributed by atoms with Gasteiger partial charge in [0.15, 0.2) is 0 Å². The van der Waals surface area contributed by atoms with Crippen LogP contribution in [0.4, 0.5) is 27.1 Å². The summed E-state index contributed by atoms with van der Waals surface area (Å²) in [7, 11) is 1.69. The lowest BCUT2D eigenvalue weighted by Crippen LogP contribution is -2.63. The molecule has 362 valence electrons. The fourth-order valence-electron chi connectivity index (χ4n) is 10.9. The summed E-state index contributed by atoms with van der Waals surface area (Å²) in [5.41, 5.74) is 4.31. The third kappa shape index (κ3) is 8.87. The van der Waals surface area contributed by atoms with E-state index < -0.39 is 23.2 Å². The average molecular weight is 950 g/mol. The molecule has 0 unspecified atom stereocenters. The summed E-state index contributed by atoms with van der Waals surface area (Å²) in [5, 5.41) is 8.82. The van der Waals surface area contributed by atoms with E-state index in [9.17, 15) is 28.4 Å². The molecule has 0 spiro atoms. The summed E-state index contributed by atoms with van der Waals surface area (Å²) in [4.78, 5) is 80.3. The quantitative estimate of drug-likeness (QED) is 0.0930. The maximum Gasteiger partial charge on any atom is 0.255 e. The first-order chi connectivity index (χ1) is 34.0. The van der Waals surface area contributed by atoms with E-state index in [-0.39, 0.29) is 30.0 Å². The number of aromatic nitrogens is 1. The van der Waals surface area contributed by atoms with Gasteiger partial charge in [0.2, 0.25) is 23.6 Å². The predicted octanol–water partition coefficient (Wildman–Crippen LogP) is 6.02. The molecule has 5 fully saturated rings. The lowest BCUT2D eigenvalue weighted by molar-refractivity contribution is -0.137. The topological polar surface area (TPSA) is 169 Å². The van der Waals surface area contributed by atoms with E-state index in [0.717, 1.165) is 105 Å². The van der Waals surface area contributed by atoms with Gasteiger partial charge in [-0.25, -0.2) is 4.39 Å². The molecular weight excluding hydrogens is 894 g/mol. The van der Waals surface area contributed by atoms with Crippen LogP contribution in [-0.2, 0) is 25.7 Å². The molecule has 1 aliphatic carbocycles. The van der Waals surface area contributed by atoms with E-state index in [2.05, 4.69) is 47.7 Å². The summed E-state index contributed by atoms with van der Waals surface area (Å²) >= 11 is 0. The number of rotatable bonds is 13. The number of anilines is 4. The first kappa shape index (κ1) is 45.3. The molecular formula is C53H56FN9O7. The summed E-state index contributed by atoms with van der Waals surface area (Å²) in [6, 6.07) is 24.1. The van der Waals surface area contributed by atoms with Gasteiger partial charge in [-0.1, -0.05) is 6.07 Å². The Morgan fingerprint density at radius 3 is 2.17 bits per heavy atom. The molecule has 16 nitrogen and oxygen atoms in total. The molecule has 11 rings (SSSR count). The summed E-state index contributed by atoms with van der Waals surface area (Å²) < 4.78 is 25.7. The van der Waals surface area contributed by atoms with Crippen LogP contribution in [0.15, 0.2) is 91.1 Å². The van der Waals surface area contributed by atoms with Crippen LogP contribution in [0.3, 0.4) is 0 Å². The number of nitrogens with zero attached hydrogens (tertiary/aromatic N) is 6. The molecule has 6 aliphatic rings. The number of carbonyl (C=O) groups is 5. The van der Waals surface area contributed by atoms with Gasteiger partial charge in [-0.2, -0.15) is 0 Å². The number of nitrogens with one attached hydrogen (secondary N) is 3. The van der Waals surface area contributed by atoms with Crippen molar-refractivity contribution in [2.45, 2.75) is 57.2 Å². The molecule has 1 atom stereocenters. The van der Waals surface area contributed by atoms with Crippen LogP contribution in [0.5, 0.6) is 17.2 Å². The Hall–Kier alpha value is -7.11. The molecule has 5 amide bonds. The number of ether oxygens (including phenoxy) is 2. The highest BCUT2D eigenvalue weighted by atomic mass is 19.1. The normalized spacial score (nSPS) is 20.7. The predicted molar refractivity (Wildman–Crippen MR) is 262 cm³/mol. The Balaban J connectivity index is 0.645. The largest absolute Gasteiger partial charge is 0.495 e. The van der Waals surface area contributed by atoms with E-state index in [4.69, 9.17) is 14.5 Å². The number of piperidine rings is 2. The monoisotopic (exact) mass is 949 g/mol. The smallest absolute Gasteiger partial charge is 0.255 e. The number of halogens is 1. The van der Waals surface area contributed by atoms with Crippen LogP contribution in [0.1, 0.15) is 54.4 Å². The number of carbonyl (C=O) groups excluding carboxylic acids is 5. The Kier molecular flexibility index (Phi) is 12.1. The van der Waals surface area contributed by atoms with Crippen molar-refractivity contribution in [3.63, 3.8) is 0 Å². The molecule has 1 saturated carbocycles. The SMILES string of the molecule is COc1cc2c(Oc3ccc(NC(=O)C4(C(=O)Nc5ccc(F)cc5)CC4)cc3)ccnc2cc1N1CCC(CN2CCN(C3CN(c4cccc5c4CN([C@H]4CCC(=O)NC4=O)C5=O)C3)CC2)CC1. The third-order valence-electron chi connectivity index (χ3n) is 15.2. The van der Waals surface area contributed by atoms with Crippen molar-refractivity contribution < 1.29 is 37.8 Å². The summed E-state index contributed by atoms with van der Waals surface area (Å²) in [6.07, 6.45) is 5.36. The molecule has 6 heterocycles. The van der Waals surface area contributed by atoms with Crippen molar-refractivity contribution in [1.29, 1.82) is 0 Å². The number of hydrogen-bond acceptors (Lipinski definition) is 12. The third-order valence-corrected chi connectivity index (χ3v) is 15.2. The van der Waals surface area contributed by atoms with Crippen molar-refractivity contribution in [2.24, 2.45) is 11.3 Å². The molecule has 17 heteroatoms. The summed E-state index contributed by atoms with van der Waals surface area (Å²) in [5.74, 6) is 0.534. The van der Waals surface area contributed by atoms with E-state index in [1.54, 1.807) is 42.5 Å². The molecule has 4 saturated heterocycles. The number of imide groups is 1. The van der Waals surface area contributed by atoms with Gasteiger partial charge in [-0.3, -0.25) is 39.2 Å². The van der Waals surface area contributed by atoms with Gasteiger partial charge >= 0.3 is 0 Å². The summed E-state index contributed by atoms with van der Waals surface area (Å²) in [6.45, 7) is 9.30. The second-order valence-corrected chi connectivity index (χ2v) is 19.5. The van der Waals surface area contributed by atoms with Crippen LogP contribution in [0.2, 0.25) is 0 Å². The van der Waals surface area contributed by atoms with Crippen LogP contribution in [-0.4, -0.2) is 127 Å². The fraction of sp³-hybridized carbons (Fsp3) is 0.396. The van der Waals surface area contributed by atoms with Crippen LogP contribution >= 0.6 is 0 Å². The van der Waals surface area contributed by atoms with Crippen LogP contribution in [0.25, 0.3) is 10.9 Å². The average Bonchev–Trinajstić information content (AvgIpc) is 4.11. The minimum atomic E-state index is -1.17. The van der Waals surface area contributed by atoms with Crippen molar-refractivity contribution in [1.82, 2.24) is 25.0 Å². The van der Waals surface area contributed by atoms with Gasteiger partial charge in [0.05, 0.1) is 18.3 Å². The van der Waals surface area contributed by atoms with E-state index >= 15 is 0 Å². The van der Waals surface area contributed by atoms with E-state index in [0.29, 0.717) is 66.2 Å². The van der Waals surface area contributed by atoms with Gasteiger partial charge in [-0.05, 0) is 117 Å². The van der Waals surface area contributed by atoms with Gasteiger partial charge < -0.3 is 39.7 Å². The minimum Gasteiger partial charge on any atom is -0.495 e. The maximum absolute atomic E-state index is 13.4. The molecule has 5 aromatic rings. The van der Waals surface area contributed by atoms with Gasteiger partial charge in [0, 0.05) is 118 Å². The first-order valence-corrected chi connectivity index (χ1v) is 24.4. The number of piperazine rings is 1. The highest BCUT2D eigenvalue weighted by Crippen LogP contribution is 2.48. The van der Waals surface area contributed by atoms with Crippen molar-refractivity contribution in [3.05, 3.63) is 108 Å². The van der Waals surface area contributed by atoms with Gasteiger partial charge in [0.1, 0.15) is 34.5 Å². The second-order valence-electron chi connectivity index (χ2n) is 19.5. The van der Waals surface area contributed by atoms with E-state index in [1.807, 2.05) is 24.3 Å². The highest BCUT2D eigenvalue weighted by molar-refractivity contribution is 6.17. The van der Waals surface area contributed by atoms with Crippen molar-refractivity contribution in [3.8, 4) is 17.2 Å². The Morgan fingerprint density at radius 1 is 0.800 bits per heavy atom. The zero-order valence-corrected chi connectivity index (χ0v) is 39.1. The lowest BCUT2D eigenvalue weighted by Gasteiger charge is -2.50. The lowest BCUT2D eigenvalue weighted by atomic mass is 9.95. The number of benzene rings is 4. The zero-order chi connectivity index (χ0) is 48.1. The Bertz CT molecular complexity index is 2850. The molecule has 4 aromatic carbocycles. The zero-order valence-electron chi connectivity index (χ0n) is 39.1. The van der Waals surface area contributed by atoms with E-state index in [1.165, 1.54) is 24.3 Å². The number of amides is 5. The van der Waals surface area contributed by atoms with Crippen LogP contribution < -0.4 is 35.2 Å².